The van der Waals surface area contributed by atoms with Crippen molar-refractivity contribution < 1.29 is 14.3 Å². The summed E-state index contributed by atoms with van der Waals surface area (Å²) in [7, 11) is 1.35. The summed E-state index contributed by atoms with van der Waals surface area (Å²) >= 11 is 3.33. The van der Waals surface area contributed by atoms with Crippen LogP contribution in [0.4, 0.5) is 5.69 Å². The Bertz CT molecular complexity index is 603. The van der Waals surface area contributed by atoms with E-state index in [0.717, 1.165) is 10.0 Å². The molecular formula is C16H21BrN2O3. The molecule has 6 heteroatoms. The first-order valence-electron chi connectivity index (χ1n) is 7.23. The van der Waals surface area contributed by atoms with E-state index in [4.69, 9.17) is 10.5 Å². The molecule has 2 atom stereocenters. The molecule has 120 valence electrons. The van der Waals surface area contributed by atoms with Crippen LogP contribution in [0.3, 0.4) is 0 Å². The Morgan fingerprint density at radius 2 is 2.18 bits per heavy atom. The number of anilines is 1. The van der Waals surface area contributed by atoms with Gasteiger partial charge in [-0.1, -0.05) is 35.8 Å². The van der Waals surface area contributed by atoms with Crippen LogP contribution in [0.25, 0.3) is 0 Å². The van der Waals surface area contributed by atoms with E-state index < -0.39 is 5.54 Å². The van der Waals surface area contributed by atoms with Crippen LogP contribution in [0.1, 0.15) is 25.8 Å². The van der Waals surface area contributed by atoms with Crippen molar-refractivity contribution in [1.29, 1.82) is 0 Å². The van der Waals surface area contributed by atoms with E-state index in [9.17, 15) is 9.59 Å². The molecule has 1 fully saturated rings. The third-order valence-electron chi connectivity index (χ3n) is 4.19. The van der Waals surface area contributed by atoms with Gasteiger partial charge in [0.2, 0.25) is 5.91 Å². The van der Waals surface area contributed by atoms with E-state index in [1.165, 1.54) is 7.11 Å². The Labute approximate surface area is 138 Å². The molecule has 2 rings (SSSR count). The van der Waals surface area contributed by atoms with Crippen LogP contribution in [0, 0.1) is 11.8 Å². The molecular weight excluding hydrogens is 348 g/mol. The molecule has 0 saturated heterocycles. The zero-order chi connectivity index (χ0) is 16.5. The molecule has 0 bridgehead atoms. The second-order valence-electron chi connectivity index (χ2n) is 6.09. The van der Waals surface area contributed by atoms with Gasteiger partial charge in [-0.05, 0) is 36.0 Å². The molecule has 0 unspecified atom stereocenters. The molecule has 0 aromatic heterocycles. The number of ether oxygens (including phenoxy) is 1. The number of hydrogen-bond acceptors (Lipinski definition) is 4. The van der Waals surface area contributed by atoms with Gasteiger partial charge >= 0.3 is 5.97 Å². The third kappa shape index (κ3) is 3.27. The normalized spacial score (nSPS) is 23.2. The van der Waals surface area contributed by atoms with Gasteiger partial charge in [-0.2, -0.15) is 0 Å². The van der Waals surface area contributed by atoms with E-state index in [1.54, 1.807) is 12.1 Å². The molecule has 0 radical (unpaired) electrons. The van der Waals surface area contributed by atoms with Crippen LogP contribution in [0.15, 0.2) is 22.7 Å². The Hall–Kier alpha value is -1.56. The summed E-state index contributed by atoms with van der Waals surface area (Å²) in [5.74, 6) is -0.172. The zero-order valence-corrected chi connectivity index (χ0v) is 14.6. The van der Waals surface area contributed by atoms with Crippen molar-refractivity contribution in [2.75, 3.05) is 12.8 Å². The number of nitrogens with two attached hydrogens (primary N) is 1. The first kappa shape index (κ1) is 16.8. The van der Waals surface area contributed by atoms with Gasteiger partial charge in [-0.25, -0.2) is 4.79 Å². The highest BCUT2D eigenvalue weighted by Gasteiger charge is 2.63. The Kier molecular flexibility index (Phi) is 4.80. The van der Waals surface area contributed by atoms with Crippen LogP contribution in [-0.2, 0) is 20.7 Å². The lowest BCUT2D eigenvalue weighted by Crippen LogP contribution is -2.46. The topological polar surface area (TPSA) is 81.4 Å². The third-order valence-corrected chi connectivity index (χ3v) is 4.68. The SMILES string of the molecule is COC(=O)[C@@]1(NC(=O)Cc2ccc(Br)cc2N)C[C@H]1C(C)C. The number of nitrogens with one attached hydrogen (secondary N) is 1. The lowest BCUT2D eigenvalue weighted by atomic mass is 10.0. The van der Waals surface area contributed by atoms with Gasteiger partial charge in [0.15, 0.2) is 0 Å². The number of carbonyl (C=O) groups is 2. The smallest absolute Gasteiger partial charge is 0.331 e. The summed E-state index contributed by atoms with van der Waals surface area (Å²) in [4.78, 5) is 24.4. The largest absolute Gasteiger partial charge is 0.467 e. The summed E-state index contributed by atoms with van der Waals surface area (Å²) in [5, 5.41) is 2.86. The molecule has 1 aromatic carbocycles. The minimum absolute atomic E-state index is 0.117. The van der Waals surface area contributed by atoms with Crippen molar-refractivity contribution in [2.24, 2.45) is 11.8 Å². The van der Waals surface area contributed by atoms with E-state index >= 15 is 0 Å². The van der Waals surface area contributed by atoms with Gasteiger partial charge in [0, 0.05) is 10.2 Å². The summed E-state index contributed by atoms with van der Waals surface area (Å²) in [6.45, 7) is 4.07. The van der Waals surface area contributed by atoms with Crippen molar-refractivity contribution in [3.05, 3.63) is 28.2 Å². The number of nitrogen functional groups attached to an aromatic ring is 1. The maximum absolute atomic E-state index is 12.3. The number of esters is 1. The summed E-state index contributed by atoms with van der Waals surface area (Å²) in [6, 6.07) is 5.40. The Morgan fingerprint density at radius 1 is 1.50 bits per heavy atom. The summed E-state index contributed by atoms with van der Waals surface area (Å²) in [6.07, 6.45) is 0.765. The predicted octanol–water partition coefficient (Wildman–Crippen LogP) is 2.28. The van der Waals surface area contributed by atoms with Crippen LogP contribution < -0.4 is 11.1 Å². The fourth-order valence-corrected chi connectivity index (χ4v) is 3.28. The lowest BCUT2D eigenvalue weighted by molar-refractivity contribution is -0.147. The number of rotatable bonds is 5. The summed E-state index contributed by atoms with van der Waals surface area (Å²) < 4.78 is 5.73. The number of carbonyl (C=O) groups excluding carboxylic acids is 2. The minimum atomic E-state index is -0.871. The Balaban J connectivity index is 2.08. The van der Waals surface area contributed by atoms with Gasteiger partial charge in [0.1, 0.15) is 5.54 Å². The van der Waals surface area contributed by atoms with E-state index in [0.29, 0.717) is 18.0 Å². The zero-order valence-electron chi connectivity index (χ0n) is 13.0. The fourth-order valence-electron chi connectivity index (χ4n) is 2.90. The highest BCUT2D eigenvalue weighted by atomic mass is 79.9. The highest BCUT2D eigenvalue weighted by Crippen LogP contribution is 2.49. The quantitative estimate of drug-likeness (QED) is 0.616. The molecule has 5 nitrogen and oxygen atoms in total. The van der Waals surface area contributed by atoms with Gasteiger partial charge in [-0.3, -0.25) is 4.79 Å². The van der Waals surface area contributed by atoms with Crippen molar-refractivity contribution in [1.82, 2.24) is 5.32 Å². The number of benzene rings is 1. The molecule has 3 N–H and O–H groups in total. The van der Waals surface area contributed by atoms with E-state index in [1.807, 2.05) is 19.9 Å². The number of methoxy groups -OCH3 is 1. The van der Waals surface area contributed by atoms with Gasteiger partial charge in [0.05, 0.1) is 13.5 Å². The second-order valence-corrected chi connectivity index (χ2v) is 7.00. The lowest BCUT2D eigenvalue weighted by Gasteiger charge is -2.19. The van der Waals surface area contributed by atoms with Crippen LogP contribution in [-0.4, -0.2) is 24.5 Å². The molecule has 22 heavy (non-hydrogen) atoms. The molecule has 1 amide bonds. The van der Waals surface area contributed by atoms with Crippen molar-refractivity contribution in [3.8, 4) is 0 Å². The van der Waals surface area contributed by atoms with Crippen LogP contribution in [0.2, 0.25) is 0 Å². The predicted molar refractivity (Wildman–Crippen MR) is 88.1 cm³/mol. The monoisotopic (exact) mass is 368 g/mol. The number of halogens is 1. The Morgan fingerprint density at radius 3 is 2.68 bits per heavy atom. The molecule has 0 heterocycles. The minimum Gasteiger partial charge on any atom is -0.467 e. The first-order valence-corrected chi connectivity index (χ1v) is 8.02. The molecule has 1 aromatic rings. The highest BCUT2D eigenvalue weighted by molar-refractivity contribution is 9.10. The average Bonchev–Trinajstić information content (AvgIpc) is 3.17. The molecule has 1 aliphatic rings. The maximum Gasteiger partial charge on any atom is 0.331 e. The van der Waals surface area contributed by atoms with Gasteiger partial charge in [0.25, 0.3) is 0 Å². The number of hydrogen-bond donors (Lipinski definition) is 2. The van der Waals surface area contributed by atoms with Gasteiger partial charge < -0.3 is 15.8 Å². The fraction of sp³-hybridized carbons (Fsp3) is 0.500. The van der Waals surface area contributed by atoms with Crippen LogP contribution in [0.5, 0.6) is 0 Å². The molecule has 0 aliphatic heterocycles. The second kappa shape index (κ2) is 6.28. The average molecular weight is 369 g/mol. The first-order chi connectivity index (χ1) is 10.3. The van der Waals surface area contributed by atoms with Crippen molar-refractivity contribution >= 4 is 33.5 Å². The van der Waals surface area contributed by atoms with E-state index in [2.05, 4.69) is 21.2 Å². The standard InChI is InChI=1S/C16H21BrN2O3/c1-9(2)12-8-16(12,15(21)22-3)19-14(20)6-10-4-5-11(17)7-13(10)18/h4-5,7,9,12H,6,8,18H2,1-3H3,(H,19,20)/t12-,16+/m0/s1. The maximum atomic E-state index is 12.3. The molecule has 0 spiro atoms. The van der Waals surface area contributed by atoms with Crippen molar-refractivity contribution in [3.63, 3.8) is 0 Å². The van der Waals surface area contributed by atoms with Gasteiger partial charge in [-0.15, -0.1) is 0 Å². The molecule has 1 saturated carbocycles. The number of amides is 1. The van der Waals surface area contributed by atoms with Crippen molar-refractivity contribution in [2.45, 2.75) is 32.2 Å². The summed E-state index contributed by atoms with van der Waals surface area (Å²) in [5.41, 5.74) is 6.33. The van der Waals surface area contributed by atoms with Crippen LogP contribution >= 0.6 is 15.9 Å². The van der Waals surface area contributed by atoms with E-state index in [-0.39, 0.29) is 24.2 Å². The molecule has 1 aliphatic carbocycles.